The van der Waals surface area contributed by atoms with E-state index in [-0.39, 0.29) is 30.4 Å². The number of hydrazone groups is 1. The van der Waals surface area contributed by atoms with E-state index in [0.29, 0.717) is 48.7 Å². The molecular formula is C18H19N3O5. The van der Waals surface area contributed by atoms with Crippen LogP contribution in [0.5, 0.6) is 11.5 Å². The van der Waals surface area contributed by atoms with E-state index in [0.717, 1.165) is 0 Å². The van der Waals surface area contributed by atoms with Crippen molar-refractivity contribution in [2.45, 2.75) is 31.3 Å². The lowest BCUT2D eigenvalue weighted by Gasteiger charge is -2.34. The number of ether oxygens (including phenoxy) is 2. The Bertz CT molecular complexity index is 834. The molecule has 3 aliphatic heterocycles. The van der Waals surface area contributed by atoms with Crippen LogP contribution in [0.15, 0.2) is 23.3 Å². The van der Waals surface area contributed by atoms with Gasteiger partial charge in [0.05, 0.1) is 25.6 Å². The van der Waals surface area contributed by atoms with Crippen molar-refractivity contribution in [1.82, 2.24) is 10.3 Å². The SMILES string of the molecule is COc1ccc2c(c1)C(=O)CC1(CCN(C(=O)C3=NNC(=O)CC3)C1)O2. The first-order valence-electron chi connectivity index (χ1n) is 8.55. The maximum Gasteiger partial charge on any atom is 0.270 e. The highest BCUT2D eigenvalue weighted by molar-refractivity contribution is 6.39. The highest BCUT2D eigenvalue weighted by atomic mass is 16.5. The minimum atomic E-state index is -0.702. The van der Waals surface area contributed by atoms with Crippen molar-refractivity contribution in [2.24, 2.45) is 5.10 Å². The van der Waals surface area contributed by atoms with Crippen LogP contribution in [-0.2, 0) is 9.59 Å². The zero-order valence-corrected chi connectivity index (χ0v) is 14.4. The number of benzene rings is 1. The lowest BCUT2D eigenvalue weighted by atomic mass is 9.89. The Labute approximate surface area is 150 Å². The first-order chi connectivity index (χ1) is 12.5. The fraction of sp³-hybridized carbons (Fsp3) is 0.444. The molecule has 0 aliphatic carbocycles. The summed E-state index contributed by atoms with van der Waals surface area (Å²) >= 11 is 0. The number of rotatable bonds is 2. The van der Waals surface area contributed by atoms with Crippen LogP contribution in [0.1, 0.15) is 36.0 Å². The highest BCUT2D eigenvalue weighted by Gasteiger charge is 2.47. The Kier molecular flexibility index (Phi) is 3.90. The fourth-order valence-corrected chi connectivity index (χ4v) is 3.66. The summed E-state index contributed by atoms with van der Waals surface area (Å²) in [6.07, 6.45) is 1.39. The van der Waals surface area contributed by atoms with Gasteiger partial charge >= 0.3 is 0 Å². The molecule has 3 heterocycles. The number of hydrogen-bond acceptors (Lipinski definition) is 6. The maximum absolute atomic E-state index is 12.6. The third kappa shape index (κ3) is 2.81. The van der Waals surface area contributed by atoms with Crippen molar-refractivity contribution < 1.29 is 23.9 Å². The van der Waals surface area contributed by atoms with Crippen molar-refractivity contribution >= 4 is 23.3 Å². The van der Waals surface area contributed by atoms with Crippen LogP contribution < -0.4 is 14.9 Å². The van der Waals surface area contributed by atoms with E-state index >= 15 is 0 Å². The van der Waals surface area contributed by atoms with Crippen LogP contribution in [0.4, 0.5) is 0 Å². The summed E-state index contributed by atoms with van der Waals surface area (Å²) in [5.41, 5.74) is 2.50. The predicted octanol–water partition coefficient (Wildman–Crippen LogP) is 0.897. The van der Waals surface area contributed by atoms with Gasteiger partial charge in [-0.1, -0.05) is 0 Å². The largest absolute Gasteiger partial charge is 0.497 e. The average molecular weight is 357 g/mol. The van der Waals surface area contributed by atoms with Crippen molar-refractivity contribution in [3.05, 3.63) is 23.8 Å². The molecule has 1 unspecified atom stereocenters. The lowest BCUT2D eigenvalue weighted by molar-refractivity contribution is -0.124. The average Bonchev–Trinajstić information content (AvgIpc) is 3.04. The summed E-state index contributed by atoms with van der Waals surface area (Å²) in [5.74, 6) is 0.726. The van der Waals surface area contributed by atoms with Gasteiger partial charge in [-0.25, -0.2) is 5.43 Å². The third-order valence-corrected chi connectivity index (χ3v) is 5.05. The van der Waals surface area contributed by atoms with E-state index in [4.69, 9.17) is 9.47 Å². The molecule has 3 aliphatic rings. The standard InChI is InChI=1S/C18H19N3O5/c1-25-11-2-4-15-12(8-11)14(22)9-18(26-15)6-7-21(10-18)17(24)13-3-5-16(23)20-19-13/h2,4,8H,3,5-7,9-10H2,1H3,(H,20,23). The van der Waals surface area contributed by atoms with Crippen molar-refractivity contribution in [3.63, 3.8) is 0 Å². The van der Waals surface area contributed by atoms with Crippen molar-refractivity contribution in [3.8, 4) is 11.5 Å². The summed E-state index contributed by atoms with van der Waals surface area (Å²) in [6, 6.07) is 5.17. The zero-order valence-electron chi connectivity index (χ0n) is 14.4. The number of Topliss-reactive ketones (excluding diaryl/α,β-unsaturated/α-hetero) is 1. The maximum atomic E-state index is 12.6. The van der Waals surface area contributed by atoms with Gasteiger partial charge in [-0.05, 0) is 18.2 Å². The van der Waals surface area contributed by atoms with Crippen LogP contribution in [0.25, 0.3) is 0 Å². The Morgan fingerprint density at radius 1 is 1.35 bits per heavy atom. The number of carbonyl (C=O) groups is 3. The molecule has 4 rings (SSSR count). The Morgan fingerprint density at radius 3 is 2.92 bits per heavy atom. The highest BCUT2D eigenvalue weighted by Crippen LogP contribution is 2.40. The lowest BCUT2D eigenvalue weighted by Crippen LogP contribution is -2.46. The predicted molar refractivity (Wildman–Crippen MR) is 91.3 cm³/mol. The van der Waals surface area contributed by atoms with E-state index < -0.39 is 5.60 Å². The first-order valence-corrected chi connectivity index (χ1v) is 8.55. The molecule has 0 bridgehead atoms. The van der Waals surface area contributed by atoms with Gasteiger partial charge in [0.2, 0.25) is 5.91 Å². The molecule has 1 aromatic carbocycles. The summed E-state index contributed by atoms with van der Waals surface area (Å²) < 4.78 is 11.3. The Hall–Kier alpha value is -2.90. The molecule has 8 heteroatoms. The van der Waals surface area contributed by atoms with Gasteiger partial charge < -0.3 is 14.4 Å². The van der Waals surface area contributed by atoms with Gasteiger partial charge in [0.1, 0.15) is 22.8 Å². The van der Waals surface area contributed by atoms with Crippen LogP contribution in [-0.4, -0.2) is 54.0 Å². The Balaban J connectivity index is 1.52. The molecule has 8 nitrogen and oxygen atoms in total. The van der Waals surface area contributed by atoms with Crippen LogP contribution in [0.3, 0.4) is 0 Å². The van der Waals surface area contributed by atoms with Crippen LogP contribution in [0.2, 0.25) is 0 Å². The second-order valence-electron chi connectivity index (χ2n) is 6.82. The molecular weight excluding hydrogens is 338 g/mol. The third-order valence-electron chi connectivity index (χ3n) is 5.05. The number of amides is 2. The number of hydrogen-bond donors (Lipinski definition) is 1. The molecule has 0 radical (unpaired) electrons. The second-order valence-corrected chi connectivity index (χ2v) is 6.82. The number of nitrogens with zero attached hydrogens (tertiary/aromatic N) is 2. The number of nitrogens with one attached hydrogen (secondary N) is 1. The quantitative estimate of drug-likeness (QED) is 0.848. The number of methoxy groups -OCH3 is 1. The van der Waals surface area contributed by atoms with E-state index in [1.54, 1.807) is 30.2 Å². The zero-order chi connectivity index (χ0) is 18.3. The fourth-order valence-electron chi connectivity index (χ4n) is 3.66. The van der Waals surface area contributed by atoms with E-state index in [9.17, 15) is 14.4 Å². The molecule has 136 valence electrons. The molecule has 1 fully saturated rings. The van der Waals surface area contributed by atoms with Gasteiger partial charge in [-0.2, -0.15) is 5.10 Å². The van der Waals surface area contributed by atoms with Gasteiger partial charge in [0.25, 0.3) is 5.91 Å². The van der Waals surface area contributed by atoms with E-state index in [2.05, 4.69) is 10.5 Å². The van der Waals surface area contributed by atoms with Gasteiger partial charge in [-0.15, -0.1) is 0 Å². The van der Waals surface area contributed by atoms with Crippen LogP contribution in [0, 0.1) is 0 Å². The molecule has 1 spiro atoms. The second kappa shape index (κ2) is 6.12. The molecule has 2 amide bonds. The number of fused-ring (bicyclic) bond motifs is 1. The van der Waals surface area contributed by atoms with E-state index in [1.165, 1.54) is 0 Å². The number of carbonyl (C=O) groups excluding carboxylic acids is 3. The molecule has 0 saturated carbocycles. The van der Waals surface area contributed by atoms with Crippen molar-refractivity contribution in [2.75, 3.05) is 20.2 Å². The normalized spacial score (nSPS) is 24.7. The molecule has 1 N–H and O–H groups in total. The first kappa shape index (κ1) is 16.6. The van der Waals surface area contributed by atoms with Gasteiger partial charge in [0.15, 0.2) is 5.78 Å². The summed E-state index contributed by atoms with van der Waals surface area (Å²) in [5, 5.41) is 3.86. The molecule has 1 saturated heterocycles. The molecule has 0 aromatic heterocycles. The molecule has 26 heavy (non-hydrogen) atoms. The minimum absolute atomic E-state index is 0.0123. The molecule has 1 aromatic rings. The Morgan fingerprint density at radius 2 is 2.19 bits per heavy atom. The number of ketones is 1. The number of likely N-dealkylation sites (tertiary alicyclic amines) is 1. The van der Waals surface area contributed by atoms with Crippen LogP contribution >= 0.6 is 0 Å². The topological polar surface area (TPSA) is 97.3 Å². The summed E-state index contributed by atoms with van der Waals surface area (Å²) in [4.78, 5) is 38.1. The molecule has 1 atom stereocenters. The van der Waals surface area contributed by atoms with Crippen molar-refractivity contribution in [1.29, 1.82) is 0 Å². The monoisotopic (exact) mass is 357 g/mol. The van der Waals surface area contributed by atoms with Gasteiger partial charge in [0, 0.05) is 25.8 Å². The van der Waals surface area contributed by atoms with Gasteiger partial charge in [-0.3, -0.25) is 14.4 Å². The summed E-state index contributed by atoms with van der Waals surface area (Å²) in [6.45, 7) is 0.820. The van der Waals surface area contributed by atoms with E-state index in [1.807, 2.05) is 0 Å². The minimum Gasteiger partial charge on any atom is -0.497 e. The summed E-state index contributed by atoms with van der Waals surface area (Å²) in [7, 11) is 1.55. The smallest absolute Gasteiger partial charge is 0.270 e.